The van der Waals surface area contributed by atoms with Crippen molar-refractivity contribution >= 4 is 12.2 Å². The zero-order valence-electron chi connectivity index (χ0n) is 11.9. The lowest BCUT2D eigenvalue weighted by molar-refractivity contribution is -0.0660. The van der Waals surface area contributed by atoms with Crippen LogP contribution in [0, 0.1) is 22.0 Å². The minimum Gasteiger partial charge on any atom is -0.304 e. The van der Waals surface area contributed by atoms with Gasteiger partial charge in [0.1, 0.15) is 5.82 Å². The molecule has 0 spiro atoms. The lowest BCUT2D eigenvalue weighted by atomic mass is 9.44. The molecule has 3 nitrogen and oxygen atoms in total. The molecule has 4 heteroatoms. The summed E-state index contributed by atoms with van der Waals surface area (Å²) < 4.78 is 3.05. The Balaban J connectivity index is 1.83. The number of H-pyrrole nitrogens is 1. The number of nitrogens with zero attached hydrogens (tertiary/aromatic N) is 2. The molecule has 0 saturated heterocycles. The number of nitrogens with one attached hydrogen (secondary N) is 1. The molecule has 19 heavy (non-hydrogen) atoms. The minimum atomic E-state index is 0.322. The molecule has 4 saturated carbocycles. The van der Waals surface area contributed by atoms with Crippen molar-refractivity contribution in [2.24, 2.45) is 17.3 Å². The predicted octanol–water partition coefficient (Wildman–Crippen LogP) is 3.82. The van der Waals surface area contributed by atoms with Gasteiger partial charge in [-0.3, -0.25) is 5.10 Å². The number of hydrogen-bond donors (Lipinski definition) is 1. The zero-order chi connectivity index (χ0) is 13.3. The van der Waals surface area contributed by atoms with E-state index in [1.54, 1.807) is 0 Å². The fourth-order valence-corrected chi connectivity index (χ4v) is 6.26. The highest BCUT2D eigenvalue weighted by molar-refractivity contribution is 7.71. The fraction of sp³-hybridized carbons (Fsp3) is 0.867. The van der Waals surface area contributed by atoms with E-state index in [4.69, 9.17) is 12.2 Å². The van der Waals surface area contributed by atoms with Gasteiger partial charge in [-0.25, -0.2) is 0 Å². The summed E-state index contributed by atoms with van der Waals surface area (Å²) in [6.45, 7) is 5.63. The highest BCUT2D eigenvalue weighted by atomic mass is 32.1. The number of hydrogen-bond acceptors (Lipinski definition) is 2. The molecule has 1 N–H and O–H groups in total. The van der Waals surface area contributed by atoms with E-state index in [9.17, 15) is 0 Å². The van der Waals surface area contributed by atoms with Crippen LogP contribution in [0.5, 0.6) is 0 Å². The lowest BCUT2D eigenvalue weighted by Crippen LogP contribution is -2.53. The number of rotatable bonds is 2. The first-order valence-electron chi connectivity index (χ1n) is 7.69. The highest BCUT2D eigenvalue weighted by Crippen LogP contribution is 2.65. The summed E-state index contributed by atoms with van der Waals surface area (Å²) >= 11 is 5.40. The first kappa shape index (κ1) is 12.1. The third-order valence-corrected chi connectivity index (χ3v) is 6.21. The van der Waals surface area contributed by atoms with Crippen molar-refractivity contribution in [2.45, 2.75) is 64.3 Å². The van der Waals surface area contributed by atoms with Gasteiger partial charge in [0.2, 0.25) is 0 Å². The van der Waals surface area contributed by atoms with Crippen LogP contribution in [0.3, 0.4) is 0 Å². The van der Waals surface area contributed by atoms with Crippen molar-refractivity contribution in [3.8, 4) is 0 Å². The van der Waals surface area contributed by atoms with Crippen molar-refractivity contribution in [3.63, 3.8) is 0 Å². The van der Waals surface area contributed by atoms with Crippen LogP contribution in [0.2, 0.25) is 0 Å². The maximum absolute atomic E-state index is 5.40. The Hall–Kier alpha value is -0.640. The summed E-state index contributed by atoms with van der Waals surface area (Å²) in [5.41, 5.74) is 0.888. The van der Waals surface area contributed by atoms with Gasteiger partial charge < -0.3 is 4.57 Å². The third kappa shape index (κ3) is 1.61. The summed E-state index contributed by atoms with van der Waals surface area (Å²) in [5, 5.41) is 7.69. The molecule has 4 fully saturated rings. The second kappa shape index (κ2) is 3.72. The Labute approximate surface area is 119 Å². The average molecular weight is 277 g/mol. The summed E-state index contributed by atoms with van der Waals surface area (Å²) in [5.74, 6) is 3.13. The molecule has 2 unspecified atom stereocenters. The van der Waals surface area contributed by atoms with E-state index in [2.05, 4.69) is 28.6 Å². The molecule has 104 valence electrons. The maximum Gasteiger partial charge on any atom is 0.195 e. The van der Waals surface area contributed by atoms with E-state index < -0.39 is 0 Å². The molecule has 4 aliphatic carbocycles. The minimum absolute atomic E-state index is 0.322. The quantitative estimate of drug-likeness (QED) is 0.834. The lowest BCUT2D eigenvalue weighted by Gasteiger charge is -2.60. The van der Waals surface area contributed by atoms with Crippen LogP contribution in [0.25, 0.3) is 0 Å². The number of aromatic nitrogens is 3. The molecule has 1 aromatic rings. The molecule has 2 atom stereocenters. The van der Waals surface area contributed by atoms with Gasteiger partial charge in [0, 0.05) is 12.0 Å². The first-order chi connectivity index (χ1) is 9.04. The summed E-state index contributed by atoms with van der Waals surface area (Å²) in [6, 6.07) is 0. The Morgan fingerprint density at radius 1 is 1.32 bits per heavy atom. The van der Waals surface area contributed by atoms with E-state index in [0.717, 1.165) is 23.2 Å². The van der Waals surface area contributed by atoms with Crippen LogP contribution in [-0.4, -0.2) is 14.8 Å². The van der Waals surface area contributed by atoms with Gasteiger partial charge >= 0.3 is 0 Å². The molecule has 4 bridgehead atoms. The fourth-order valence-electron chi connectivity index (χ4n) is 6.00. The summed E-state index contributed by atoms with van der Waals surface area (Å²) in [6.07, 6.45) is 8.38. The largest absolute Gasteiger partial charge is 0.304 e. The summed E-state index contributed by atoms with van der Waals surface area (Å²) in [7, 11) is 0. The monoisotopic (exact) mass is 277 g/mol. The predicted molar refractivity (Wildman–Crippen MR) is 77.6 cm³/mol. The van der Waals surface area contributed by atoms with Crippen LogP contribution >= 0.6 is 12.2 Å². The maximum atomic E-state index is 5.40. The molecular weight excluding hydrogens is 254 g/mol. The Morgan fingerprint density at radius 3 is 2.58 bits per heavy atom. The normalized spacial score (nSPS) is 43.9. The average Bonchev–Trinajstić information content (AvgIpc) is 2.67. The van der Waals surface area contributed by atoms with Crippen LogP contribution < -0.4 is 0 Å². The van der Waals surface area contributed by atoms with E-state index in [1.807, 2.05) is 0 Å². The van der Waals surface area contributed by atoms with E-state index >= 15 is 0 Å². The topological polar surface area (TPSA) is 33.6 Å². The van der Waals surface area contributed by atoms with Gasteiger partial charge in [-0.2, -0.15) is 5.10 Å². The molecular formula is C15H23N3S. The van der Waals surface area contributed by atoms with Gasteiger partial charge in [-0.05, 0) is 74.9 Å². The van der Waals surface area contributed by atoms with E-state index in [1.165, 1.54) is 44.3 Å². The Bertz CT molecular complexity index is 556. The third-order valence-electron chi connectivity index (χ3n) is 5.90. The van der Waals surface area contributed by atoms with Crippen molar-refractivity contribution in [1.29, 1.82) is 0 Å². The van der Waals surface area contributed by atoms with Crippen molar-refractivity contribution < 1.29 is 0 Å². The van der Waals surface area contributed by atoms with Gasteiger partial charge in [-0.15, -0.1) is 0 Å². The van der Waals surface area contributed by atoms with Gasteiger partial charge in [0.25, 0.3) is 0 Å². The highest BCUT2D eigenvalue weighted by Gasteiger charge is 2.57. The second-order valence-electron chi connectivity index (χ2n) is 7.65. The van der Waals surface area contributed by atoms with Crippen molar-refractivity contribution in [2.75, 3.05) is 0 Å². The molecule has 0 aliphatic heterocycles. The molecule has 1 heterocycles. The van der Waals surface area contributed by atoms with Crippen LogP contribution in [-0.2, 0) is 12.0 Å². The van der Waals surface area contributed by atoms with Crippen LogP contribution in [0.4, 0.5) is 0 Å². The molecule has 0 radical (unpaired) electrons. The summed E-state index contributed by atoms with van der Waals surface area (Å²) in [4.78, 5) is 0. The van der Waals surface area contributed by atoms with Gasteiger partial charge in [0.05, 0.1) is 0 Å². The Kier molecular flexibility index (Phi) is 2.37. The Morgan fingerprint density at radius 2 is 2.00 bits per heavy atom. The second-order valence-corrected chi connectivity index (χ2v) is 8.04. The first-order valence-corrected chi connectivity index (χ1v) is 8.10. The standard InChI is InChI=1S/C15H23N3S/c1-3-18-12(16-17-13(18)19)15-7-10-4-11(8-15)6-14(2,5-10)9-15/h10-11H,3-9H2,1-2H3,(H,17,19). The van der Waals surface area contributed by atoms with Crippen molar-refractivity contribution in [1.82, 2.24) is 14.8 Å². The van der Waals surface area contributed by atoms with Crippen LogP contribution in [0.1, 0.15) is 58.2 Å². The van der Waals surface area contributed by atoms with Crippen molar-refractivity contribution in [3.05, 3.63) is 10.6 Å². The molecule has 0 amide bonds. The molecule has 0 aromatic carbocycles. The van der Waals surface area contributed by atoms with E-state index in [0.29, 0.717) is 10.8 Å². The SMILES string of the molecule is CCn1c(C23CC4CC(CC(C)(C4)C2)C3)n[nH]c1=S. The van der Waals surface area contributed by atoms with Crippen LogP contribution in [0.15, 0.2) is 0 Å². The smallest absolute Gasteiger partial charge is 0.195 e. The zero-order valence-corrected chi connectivity index (χ0v) is 12.7. The molecule has 5 rings (SSSR count). The number of aromatic amines is 1. The van der Waals surface area contributed by atoms with Gasteiger partial charge in [-0.1, -0.05) is 6.92 Å². The molecule has 1 aromatic heterocycles. The van der Waals surface area contributed by atoms with Gasteiger partial charge in [0.15, 0.2) is 4.77 Å². The van der Waals surface area contributed by atoms with E-state index in [-0.39, 0.29) is 0 Å². The molecule has 4 aliphatic rings.